The molecule has 0 saturated carbocycles. The minimum absolute atomic E-state index is 0.0742. The highest BCUT2D eigenvalue weighted by Crippen LogP contribution is 2.30. The number of methoxy groups -OCH3 is 1. The minimum Gasteiger partial charge on any atom is -0.466 e. The van der Waals surface area contributed by atoms with Gasteiger partial charge in [0.1, 0.15) is 5.70 Å². The summed E-state index contributed by atoms with van der Waals surface area (Å²) in [5, 5.41) is 15.4. The van der Waals surface area contributed by atoms with Gasteiger partial charge in [0.15, 0.2) is 5.13 Å². The minimum atomic E-state index is -0.596. The van der Waals surface area contributed by atoms with Crippen molar-refractivity contribution in [3.05, 3.63) is 29.5 Å². The second-order valence-corrected chi connectivity index (χ2v) is 7.45. The molecule has 0 unspecified atom stereocenters. The van der Waals surface area contributed by atoms with Gasteiger partial charge in [-0.25, -0.2) is 9.78 Å². The van der Waals surface area contributed by atoms with E-state index in [2.05, 4.69) is 15.6 Å². The summed E-state index contributed by atoms with van der Waals surface area (Å²) in [6.07, 6.45) is 1.18. The van der Waals surface area contributed by atoms with E-state index in [1.165, 1.54) is 23.3 Å². The Kier molecular flexibility index (Phi) is 6.45. The number of fused-ring (bicyclic) bond motifs is 1. The van der Waals surface area contributed by atoms with Gasteiger partial charge in [0.25, 0.3) is 5.91 Å². The molecule has 9 nitrogen and oxygen atoms in total. The molecule has 0 saturated heterocycles. The first-order valence-corrected chi connectivity index (χ1v) is 9.97. The number of ether oxygens (including phenoxy) is 1. The number of anilines is 2. The molecule has 0 spiro atoms. The summed E-state index contributed by atoms with van der Waals surface area (Å²) in [6, 6.07) is 5.31. The number of aliphatic hydroxyl groups excluding tert-OH is 1. The summed E-state index contributed by atoms with van der Waals surface area (Å²) in [6.45, 7) is 1.93. The number of aromatic nitrogens is 1. The van der Waals surface area contributed by atoms with Crippen molar-refractivity contribution in [3.8, 4) is 0 Å². The largest absolute Gasteiger partial charge is 0.466 e. The molecule has 154 valence electrons. The fourth-order valence-electron chi connectivity index (χ4n) is 2.96. The summed E-state index contributed by atoms with van der Waals surface area (Å²) < 4.78 is 5.60. The van der Waals surface area contributed by atoms with Crippen LogP contribution in [0.25, 0.3) is 10.2 Å². The number of esters is 1. The topological polar surface area (TPSA) is 121 Å². The highest BCUT2D eigenvalue weighted by atomic mass is 32.1. The molecule has 1 aromatic carbocycles. The van der Waals surface area contributed by atoms with Gasteiger partial charge < -0.3 is 25.4 Å². The summed E-state index contributed by atoms with van der Waals surface area (Å²) in [5.41, 5.74) is 1.66. The van der Waals surface area contributed by atoms with Crippen molar-refractivity contribution < 1.29 is 24.2 Å². The lowest BCUT2D eigenvalue weighted by Crippen LogP contribution is -2.31. The molecule has 0 radical (unpaired) electrons. The molecule has 1 aliphatic heterocycles. The molecule has 2 aromatic rings. The third-order valence-electron chi connectivity index (χ3n) is 4.33. The summed E-state index contributed by atoms with van der Waals surface area (Å²) >= 11 is 1.33. The van der Waals surface area contributed by atoms with E-state index < -0.39 is 5.97 Å². The average Bonchev–Trinajstić information content (AvgIpc) is 3.23. The Labute approximate surface area is 171 Å². The zero-order chi connectivity index (χ0) is 21.0. The number of hydrogen-bond donors (Lipinski definition) is 3. The van der Waals surface area contributed by atoms with Gasteiger partial charge in [-0.3, -0.25) is 9.59 Å². The SMILES string of the molecule is CCCC(=O)Nc1nc2ccc(NC3=C(C(=O)OC)CN(CCO)C3=O)cc2s1. The highest BCUT2D eigenvalue weighted by Gasteiger charge is 2.34. The standard InChI is InChI=1S/C19H22N4O5S/c1-3-4-15(25)22-19-21-13-6-5-11(9-14(13)29-19)20-16-12(18(27)28-2)10-23(7-8-24)17(16)26/h5-6,9,20,24H,3-4,7-8,10H2,1-2H3,(H,21,22,25). The van der Waals surface area contributed by atoms with Gasteiger partial charge in [-0.15, -0.1) is 0 Å². The van der Waals surface area contributed by atoms with E-state index >= 15 is 0 Å². The quantitative estimate of drug-likeness (QED) is 0.558. The Morgan fingerprint density at radius 1 is 1.38 bits per heavy atom. The molecule has 1 aromatic heterocycles. The summed E-state index contributed by atoms with van der Waals surface area (Å²) in [5.74, 6) is -1.06. The monoisotopic (exact) mass is 418 g/mol. The van der Waals surface area contributed by atoms with E-state index in [4.69, 9.17) is 9.84 Å². The molecule has 0 aliphatic carbocycles. The number of carbonyl (C=O) groups excluding carboxylic acids is 3. The van der Waals surface area contributed by atoms with Crippen LogP contribution in [0.1, 0.15) is 19.8 Å². The molecular formula is C19H22N4O5S. The maximum Gasteiger partial charge on any atom is 0.337 e. The normalized spacial score (nSPS) is 13.9. The van der Waals surface area contributed by atoms with Crippen LogP contribution in [0.5, 0.6) is 0 Å². The van der Waals surface area contributed by atoms with Gasteiger partial charge >= 0.3 is 5.97 Å². The second kappa shape index (κ2) is 9.01. The first-order chi connectivity index (χ1) is 14.0. The molecule has 3 rings (SSSR count). The Morgan fingerprint density at radius 3 is 2.86 bits per heavy atom. The molecule has 0 bridgehead atoms. The van der Waals surface area contributed by atoms with Crippen LogP contribution in [-0.2, 0) is 19.1 Å². The molecule has 2 heterocycles. The van der Waals surface area contributed by atoms with Crippen LogP contribution in [0.4, 0.5) is 10.8 Å². The van der Waals surface area contributed by atoms with Crippen LogP contribution in [0, 0.1) is 0 Å². The number of thiazole rings is 1. The van der Waals surface area contributed by atoms with Crippen LogP contribution in [0.3, 0.4) is 0 Å². The van der Waals surface area contributed by atoms with Gasteiger partial charge in [-0.1, -0.05) is 18.3 Å². The van der Waals surface area contributed by atoms with Crippen LogP contribution < -0.4 is 10.6 Å². The van der Waals surface area contributed by atoms with Crippen LogP contribution in [0.15, 0.2) is 29.5 Å². The predicted octanol–water partition coefficient (Wildman–Crippen LogP) is 1.71. The Balaban J connectivity index is 1.84. The predicted molar refractivity (Wildman–Crippen MR) is 109 cm³/mol. The molecule has 1 aliphatic rings. The van der Waals surface area contributed by atoms with Gasteiger partial charge in [0, 0.05) is 18.7 Å². The lowest BCUT2D eigenvalue weighted by Gasteiger charge is -2.15. The van der Waals surface area contributed by atoms with Crippen molar-refractivity contribution in [3.63, 3.8) is 0 Å². The number of nitrogens with one attached hydrogen (secondary N) is 2. The van der Waals surface area contributed by atoms with Gasteiger partial charge in [-0.05, 0) is 24.6 Å². The molecule has 29 heavy (non-hydrogen) atoms. The van der Waals surface area contributed by atoms with E-state index in [0.717, 1.165) is 11.1 Å². The highest BCUT2D eigenvalue weighted by molar-refractivity contribution is 7.22. The molecule has 0 atom stereocenters. The maximum atomic E-state index is 12.6. The fourth-order valence-corrected chi connectivity index (χ4v) is 3.88. The summed E-state index contributed by atoms with van der Waals surface area (Å²) in [7, 11) is 1.25. The first-order valence-electron chi connectivity index (χ1n) is 9.15. The number of hydrogen-bond acceptors (Lipinski definition) is 8. The third-order valence-corrected chi connectivity index (χ3v) is 5.27. The maximum absolute atomic E-state index is 12.6. The van der Waals surface area contributed by atoms with Crippen molar-refractivity contribution in [2.24, 2.45) is 0 Å². The number of amides is 2. The fraction of sp³-hybridized carbons (Fsp3) is 0.368. The van der Waals surface area contributed by atoms with Crippen LogP contribution in [0.2, 0.25) is 0 Å². The van der Waals surface area contributed by atoms with Gasteiger partial charge in [0.05, 0.1) is 36.1 Å². The van der Waals surface area contributed by atoms with E-state index in [1.807, 2.05) is 6.92 Å². The van der Waals surface area contributed by atoms with E-state index in [0.29, 0.717) is 22.8 Å². The zero-order valence-electron chi connectivity index (χ0n) is 16.2. The number of rotatable bonds is 8. The third kappa shape index (κ3) is 4.54. The molecule has 10 heteroatoms. The number of aliphatic hydroxyl groups is 1. The number of carbonyl (C=O) groups is 3. The van der Waals surface area contributed by atoms with Crippen LogP contribution in [-0.4, -0.2) is 59.6 Å². The molecular weight excluding hydrogens is 396 g/mol. The van der Waals surface area contributed by atoms with E-state index in [-0.39, 0.29) is 42.8 Å². The Hall–Kier alpha value is -2.98. The van der Waals surface area contributed by atoms with Crippen LogP contribution >= 0.6 is 11.3 Å². The lowest BCUT2D eigenvalue weighted by atomic mass is 10.2. The number of benzene rings is 1. The zero-order valence-corrected chi connectivity index (χ0v) is 17.0. The van der Waals surface area contributed by atoms with E-state index in [1.54, 1.807) is 18.2 Å². The van der Waals surface area contributed by atoms with E-state index in [9.17, 15) is 14.4 Å². The Morgan fingerprint density at radius 2 is 2.17 bits per heavy atom. The number of β-amino-alcohol motifs (C(OH)–C–C–N with tert-alkyl or cyclic N) is 1. The van der Waals surface area contributed by atoms with Gasteiger partial charge in [0.2, 0.25) is 5.91 Å². The van der Waals surface area contributed by atoms with Crippen molar-refractivity contribution in [1.29, 1.82) is 0 Å². The molecule has 2 amide bonds. The Bertz CT molecular complexity index is 984. The smallest absolute Gasteiger partial charge is 0.337 e. The first kappa shape index (κ1) is 20.7. The number of nitrogens with zero attached hydrogens (tertiary/aromatic N) is 2. The second-order valence-electron chi connectivity index (χ2n) is 6.42. The van der Waals surface area contributed by atoms with Crippen molar-refractivity contribution in [2.45, 2.75) is 19.8 Å². The lowest BCUT2D eigenvalue weighted by molar-refractivity contribution is -0.136. The van der Waals surface area contributed by atoms with Crippen molar-refractivity contribution >= 4 is 50.2 Å². The summed E-state index contributed by atoms with van der Waals surface area (Å²) in [4.78, 5) is 42.2. The van der Waals surface area contributed by atoms with Crippen molar-refractivity contribution in [1.82, 2.24) is 9.88 Å². The van der Waals surface area contributed by atoms with Gasteiger partial charge in [-0.2, -0.15) is 0 Å². The van der Waals surface area contributed by atoms with Crippen molar-refractivity contribution in [2.75, 3.05) is 37.4 Å². The average molecular weight is 418 g/mol. The molecule has 0 fully saturated rings. The molecule has 3 N–H and O–H groups in total.